The Kier molecular flexibility index (Phi) is 4.46. The van der Waals surface area contributed by atoms with Gasteiger partial charge in [0.2, 0.25) is 11.6 Å². The molecule has 0 saturated heterocycles. The number of anilines is 2. The van der Waals surface area contributed by atoms with Crippen LogP contribution in [-0.4, -0.2) is 40.2 Å². The van der Waals surface area contributed by atoms with Gasteiger partial charge in [0.15, 0.2) is 0 Å². The van der Waals surface area contributed by atoms with Crippen LogP contribution in [0.2, 0.25) is 0 Å². The van der Waals surface area contributed by atoms with Gasteiger partial charge in [-0.3, -0.25) is 10.1 Å². The molecule has 0 spiro atoms. The van der Waals surface area contributed by atoms with E-state index in [2.05, 4.69) is 20.6 Å². The van der Waals surface area contributed by atoms with E-state index in [0.29, 0.717) is 12.4 Å². The molecule has 26 heavy (non-hydrogen) atoms. The third-order valence-electron chi connectivity index (χ3n) is 6.23. The van der Waals surface area contributed by atoms with Crippen molar-refractivity contribution in [1.29, 1.82) is 0 Å². The van der Waals surface area contributed by atoms with Gasteiger partial charge in [-0.1, -0.05) is 0 Å². The monoisotopic (exact) mass is 361 g/mol. The van der Waals surface area contributed by atoms with Gasteiger partial charge in [0.05, 0.1) is 11.5 Å². The van der Waals surface area contributed by atoms with Crippen molar-refractivity contribution in [3.05, 3.63) is 16.4 Å². The van der Waals surface area contributed by atoms with E-state index in [1.54, 1.807) is 7.11 Å². The van der Waals surface area contributed by atoms with Crippen molar-refractivity contribution < 1.29 is 9.66 Å². The van der Waals surface area contributed by atoms with E-state index in [1.165, 1.54) is 25.6 Å². The maximum absolute atomic E-state index is 11.8. The second kappa shape index (κ2) is 6.64. The van der Waals surface area contributed by atoms with Crippen molar-refractivity contribution in [2.24, 2.45) is 17.8 Å². The molecule has 8 nitrogen and oxygen atoms in total. The fourth-order valence-corrected chi connectivity index (χ4v) is 5.79. The molecular formula is C18H27N5O3. The first kappa shape index (κ1) is 17.5. The Morgan fingerprint density at radius 1 is 1.23 bits per heavy atom. The first-order chi connectivity index (χ1) is 12.5. The molecule has 0 aliphatic heterocycles. The van der Waals surface area contributed by atoms with Gasteiger partial charge in [0.1, 0.15) is 6.33 Å². The number of methoxy groups -OCH3 is 1. The Bertz CT molecular complexity index is 660. The summed E-state index contributed by atoms with van der Waals surface area (Å²) < 4.78 is 5.11. The zero-order valence-electron chi connectivity index (χ0n) is 15.4. The van der Waals surface area contributed by atoms with E-state index in [9.17, 15) is 10.1 Å². The van der Waals surface area contributed by atoms with Crippen LogP contribution in [0.5, 0.6) is 0 Å². The Morgan fingerprint density at radius 2 is 1.81 bits per heavy atom. The number of hydrogen-bond acceptors (Lipinski definition) is 7. The molecule has 4 aliphatic rings. The number of nitrogens with zero attached hydrogens (tertiary/aromatic N) is 3. The number of aromatic nitrogens is 2. The molecule has 5 rings (SSSR count). The van der Waals surface area contributed by atoms with Crippen molar-refractivity contribution >= 4 is 17.3 Å². The van der Waals surface area contributed by atoms with Crippen LogP contribution in [0.15, 0.2) is 6.33 Å². The number of nitrogens with one attached hydrogen (secondary N) is 2. The predicted molar refractivity (Wildman–Crippen MR) is 98.2 cm³/mol. The van der Waals surface area contributed by atoms with E-state index in [1.807, 2.05) is 6.92 Å². The third-order valence-corrected chi connectivity index (χ3v) is 6.23. The number of ether oxygens (including phenoxy) is 1. The summed E-state index contributed by atoms with van der Waals surface area (Å²) in [5.41, 5.74) is -0.102. The maximum atomic E-state index is 11.8. The molecule has 4 bridgehead atoms. The minimum Gasteiger partial charge on any atom is -0.383 e. The lowest BCUT2D eigenvalue weighted by Crippen LogP contribution is -2.55. The predicted octanol–water partition coefficient (Wildman–Crippen LogP) is 3.21. The molecule has 2 N–H and O–H groups in total. The Balaban J connectivity index is 1.61. The van der Waals surface area contributed by atoms with Crippen molar-refractivity contribution in [3.63, 3.8) is 0 Å². The summed E-state index contributed by atoms with van der Waals surface area (Å²) >= 11 is 0. The standard InChI is InChI=1S/C18H27N5O3/c1-11(9-26-2)21-16-15(23(24)25)17(20-10-19-16)22-18-6-12-3-13(7-18)5-14(4-12)8-18/h10-14H,3-9H2,1-2H3,(H2,19,20,21,22). The Hall–Kier alpha value is -1.96. The van der Waals surface area contributed by atoms with Crippen molar-refractivity contribution in [1.82, 2.24) is 9.97 Å². The number of hydrogen-bond donors (Lipinski definition) is 2. The second-order valence-electron chi connectivity index (χ2n) is 8.50. The van der Waals surface area contributed by atoms with Crippen LogP contribution in [0.3, 0.4) is 0 Å². The van der Waals surface area contributed by atoms with Gasteiger partial charge in [-0.25, -0.2) is 9.97 Å². The van der Waals surface area contributed by atoms with Gasteiger partial charge < -0.3 is 15.4 Å². The first-order valence-electron chi connectivity index (χ1n) is 9.51. The second-order valence-corrected chi connectivity index (χ2v) is 8.50. The highest BCUT2D eigenvalue weighted by Gasteiger charge is 2.51. The van der Waals surface area contributed by atoms with Gasteiger partial charge in [-0.05, 0) is 63.2 Å². The lowest BCUT2D eigenvalue weighted by Gasteiger charge is -2.57. The largest absolute Gasteiger partial charge is 0.383 e. The molecule has 4 saturated carbocycles. The quantitative estimate of drug-likeness (QED) is 0.568. The summed E-state index contributed by atoms with van der Waals surface area (Å²) in [6.45, 7) is 2.35. The number of nitro groups is 1. The molecular weight excluding hydrogens is 334 g/mol. The summed E-state index contributed by atoms with van der Waals surface area (Å²) in [6, 6.07) is -0.0824. The average Bonchev–Trinajstić information content (AvgIpc) is 2.53. The van der Waals surface area contributed by atoms with E-state index < -0.39 is 0 Å². The van der Waals surface area contributed by atoms with Gasteiger partial charge >= 0.3 is 5.69 Å². The summed E-state index contributed by atoms with van der Waals surface area (Å²) in [5, 5.41) is 18.4. The number of rotatable bonds is 7. The molecule has 1 aromatic rings. The molecule has 1 unspecified atom stereocenters. The van der Waals surface area contributed by atoms with Crippen molar-refractivity contribution in [3.8, 4) is 0 Å². The van der Waals surface area contributed by atoms with E-state index in [0.717, 1.165) is 37.0 Å². The SMILES string of the molecule is COCC(C)Nc1ncnc(NC23CC4CC(CC(C4)C2)C3)c1[N+](=O)[O-]. The molecule has 0 aromatic carbocycles. The maximum Gasteiger partial charge on any atom is 0.353 e. The molecule has 1 aromatic heterocycles. The first-order valence-corrected chi connectivity index (χ1v) is 9.51. The van der Waals surface area contributed by atoms with Gasteiger partial charge in [-0.2, -0.15) is 0 Å². The minimum absolute atomic E-state index is 0.0384. The molecule has 0 amide bonds. The molecule has 0 radical (unpaired) electrons. The van der Waals surface area contributed by atoms with Crippen LogP contribution >= 0.6 is 0 Å². The average molecular weight is 361 g/mol. The van der Waals surface area contributed by atoms with Crippen LogP contribution in [-0.2, 0) is 4.74 Å². The highest BCUT2D eigenvalue weighted by atomic mass is 16.6. The normalized spacial score (nSPS) is 33.1. The van der Waals surface area contributed by atoms with Crippen molar-refractivity contribution in [2.75, 3.05) is 24.4 Å². The van der Waals surface area contributed by atoms with Crippen LogP contribution in [0.25, 0.3) is 0 Å². The summed E-state index contributed by atoms with van der Waals surface area (Å²) in [6.07, 6.45) is 8.68. The summed E-state index contributed by atoms with van der Waals surface area (Å²) in [7, 11) is 1.60. The van der Waals surface area contributed by atoms with Gasteiger partial charge in [0, 0.05) is 18.7 Å². The highest BCUT2D eigenvalue weighted by molar-refractivity contribution is 5.70. The van der Waals surface area contributed by atoms with Crippen LogP contribution in [0.4, 0.5) is 17.3 Å². The van der Waals surface area contributed by atoms with Crippen LogP contribution < -0.4 is 10.6 Å². The molecule has 4 aliphatic carbocycles. The van der Waals surface area contributed by atoms with Crippen LogP contribution in [0, 0.1) is 27.9 Å². The zero-order chi connectivity index (χ0) is 18.3. The van der Waals surface area contributed by atoms with E-state index in [4.69, 9.17) is 4.74 Å². The molecule has 8 heteroatoms. The lowest BCUT2D eigenvalue weighted by atomic mass is 9.53. The van der Waals surface area contributed by atoms with E-state index in [-0.39, 0.29) is 28.0 Å². The highest BCUT2D eigenvalue weighted by Crippen LogP contribution is 2.56. The molecule has 1 atom stereocenters. The topological polar surface area (TPSA) is 102 Å². The molecule has 1 heterocycles. The molecule has 4 fully saturated rings. The van der Waals surface area contributed by atoms with E-state index >= 15 is 0 Å². The zero-order valence-corrected chi connectivity index (χ0v) is 15.4. The summed E-state index contributed by atoms with van der Waals surface area (Å²) in [4.78, 5) is 19.8. The van der Waals surface area contributed by atoms with Crippen LogP contribution in [0.1, 0.15) is 45.4 Å². The molecule has 142 valence electrons. The summed E-state index contributed by atoms with van der Waals surface area (Å²) in [5.74, 6) is 2.87. The fraction of sp³-hybridized carbons (Fsp3) is 0.778. The van der Waals surface area contributed by atoms with Crippen molar-refractivity contribution in [2.45, 2.75) is 57.0 Å². The Labute approximate surface area is 153 Å². The smallest absolute Gasteiger partial charge is 0.353 e. The minimum atomic E-state index is -0.384. The fourth-order valence-electron chi connectivity index (χ4n) is 5.79. The van der Waals surface area contributed by atoms with Gasteiger partial charge in [0.25, 0.3) is 0 Å². The lowest BCUT2D eigenvalue weighted by molar-refractivity contribution is -0.383. The van der Waals surface area contributed by atoms with Gasteiger partial charge in [-0.15, -0.1) is 0 Å². The third kappa shape index (κ3) is 3.22. The Morgan fingerprint density at radius 3 is 2.35 bits per heavy atom.